The molecule has 2 aromatic rings. The van der Waals surface area contributed by atoms with Gasteiger partial charge < -0.3 is 19.9 Å². The van der Waals surface area contributed by atoms with Crippen LogP contribution in [0.15, 0.2) is 42.5 Å². The number of benzene rings is 2. The van der Waals surface area contributed by atoms with Crippen molar-refractivity contribution in [2.45, 2.75) is 6.18 Å². The Labute approximate surface area is 146 Å². The van der Waals surface area contributed by atoms with Gasteiger partial charge >= 0.3 is 12.1 Å². The number of halogens is 3. The fourth-order valence-electron chi connectivity index (χ4n) is 2.05. The minimum atomic E-state index is -4.64. The first-order valence-electron chi connectivity index (χ1n) is 7.22. The summed E-state index contributed by atoms with van der Waals surface area (Å²) in [7, 11) is 1.37. The van der Waals surface area contributed by atoms with E-state index in [-0.39, 0.29) is 5.56 Å². The van der Waals surface area contributed by atoms with Crippen LogP contribution in [0.3, 0.4) is 0 Å². The Bertz CT molecular complexity index is 820. The molecule has 0 fully saturated rings. The van der Waals surface area contributed by atoms with Crippen molar-refractivity contribution in [3.8, 4) is 11.5 Å². The summed E-state index contributed by atoms with van der Waals surface area (Å²) in [5.74, 6) is -2.08. The first-order chi connectivity index (χ1) is 12.2. The minimum Gasteiger partial charge on any atom is -0.507 e. The number of phenols is 1. The number of methoxy groups -OCH3 is 1. The molecular formula is C17H14F3NO5. The van der Waals surface area contributed by atoms with E-state index in [4.69, 9.17) is 9.47 Å². The average Bonchev–Trinajstić information content (AvgIpc) is 2.59. The summed E-state index contributed by atoms with van der Waals surface area (Å²) < 4.78 is 48.2. The molecule has 6 nitrogen and oxygen atoms in total. The number of amides is 1. The number of phenolic OH excluding ortho intramolecular Hbond substituents is 1. The molecule has 0 aliphatic carbocycles. The van der Waals surface area contributed by atoms with Crippen LogP contribution < -0.4 is 10.1 Å². The van der Waals surface area contributed by atoms with Gasteiger partial charge in [-0.1, -0.05) is 12.1 Å². The molecule has 0 spiro atoms. The van der Waals surface area contributed by atoms with Crippen LogP contribution in [0.25, 0.3) is 0 Å². The highest BCUT2D eigenvalue weighted by molar-refractivity contribution is 5.97. The van der Waals surface area contributed by atoms with Crippen LogP contribution >= 0.6 is 0 Å². The van der Waals surface area contributed by atoms with E-state index in [0.717, 1.165) is 12.1 Å². The Hall–Kier alpha value is -3.23. The number of anilines is 1. The molecule has 0 saturated heterocycles. The van der Waals surface area contributed by atoms with Crippen molar-refractivity contribution in [1.82, 2.24) is 0 Å². The molecule has 0 aliphatic rings. The van der Waals surface area contributed by atoms with Crippen LogP contribution in [0.4, 0.5) is 18.9 Å². The van der Waals surface area contributed by atoms with Gasteiger partial charge in [-0.3, -0.25) is 4.79 Å². The molecule has 2 rings (SSSR count). The van der Waals surface area contributed by atoms with Crippen LogP contribution in [0.5, 0.6) is 11.5 Å². The third-order valence-electron chi connectivity index (χ3n) is 3.27. The van der Waals surface area contributed by atoms with E-state index < -0.39 is 41.7 Å². The Morgan fingerprint density at radius 3 is 2.46 bits per heavy atom. The lowest BCUT2D eigenvalue weighted by Crippen LogP contribution is -2.22. The first kappa shape index (κ1) is 19.1. The molecule has 0 unspecified atom stereocenters. The van der Waals surface area contributed by atoms with Gasteiger partial charge in [0.25, 0.3) is 5.91 Å². The Kier molecular flexibility index (Phi) is 5.71. The van der Waals surface area contributed by atoms with Crippen LogP contribution in [0, 0.1) is 0 Å². The van der Waals surface area contributed by atoms with Gasteiger partial charge in [-0.25, -0.2) is 4.79 Å². The number of ether oxygens (including phenoxy) is 2. The number of alkyl halides is 3. The van der Waals surface area contributed by atoms with Gasteiger partial charge in [0.15, 0.2) is 6.61 Å². The van der Waals surface area contributed by atoms with Crippen LogP contribution in [0.1, 0.15) is 15.9 Å². The molecule has 0 aliphatic heterocycles. The van der Waals surface area contributed by atoms with Gasteiger partial charge in [-0.2, -0.15) is 13.2 Å². The maximum atomic E-state index is 12.9. The van der Waals surface area contributed by atoms with Crippen molar-refractivity contribution in [2.24, 2.45) is 0 Å². The highest BCUT2D eigenvalue weighted by Crippen LogP contribution is 2.34. The number of carbonyl (C=O) groups is 2. The summed E-state index contributed by atoms with van der Waals surface area (Å²) in [6.45, 7) is -0.823. The van der Waals surface area contributed by atoms with Gasteiger partial charge in [0.1, 0.15) is 17.1 Å². The number of hydrogen-bond donors (Lipinski definition) is 2. The van der Waals surface area contributed by atoms with Gasteiger partial charge in [-0.05, 0) is 24.3 Å². The second-order valence-electron chi connectivity index (χ2n) is 5.05. The zero-order valence-electron chi connectivity index (χ0n) is 13.5. The standard InChI is InChI=1S/C17H14F3NO5/c1-25-10-6-7-11(14(22)8-10)16(24)26-9-15(23)21-13-5-3-2-4-12(13)17(18,19)20/h2-8,22H,9H2,1H3,(H,21,23). The summed E-state index contributed by atoms with van der Waals surface area (Å²) in [5, 5.41) is 11.8. The maximum absolute atomic E-state index is 12.9. The van der Waals surface area contributed by atoms with Gasteiger partial charge in [0.2, 0.25) is 0 Å². The SMILES string of the molecule is COc1ccc(C(=O)OCC(=O)Nc2ccccc2C(F)(F)F)c(O)c1. The third-order valence-corrected chi connectivity index (χ3v) is 3.27. The van der Waals surface area contributed by atoms with Crippen molar-refractivity contribution in [3.63, 3.8) is 0 Å². The molecule has 138 valence electrons. The van der Waals surface area contributed by atoms with E-state index in [1.54, 1.807) is 0 Å². The molecule has 9 heteroatoms. The molecule has 0 atom stereocenters. The number of rotatable bonds is 5. The molecule has 0 bridgehead atoms. The lowest BCUT2D eigenvalue weighted by atomic mass is 10.1. The highest BCUT2D eigenvalue weighted by atomic mass is 19.4. The van der Waals surface area contributed by atoms with Crippen molar-refractivity contribution in [3.05, 3.63) is 53.6 Å². The fourth-order valence-corrected chi connectivity index (χ4v) is 2.05. The van der Waals surface area contributed by atoms with E-state index in [0.29, 0.717) is 5.75 Å². The van der Waals surface area contributed by atoms with Gasteiger partial charge in [-0.15, -0.1) is 0 Å². The molecule has 1 amide bonds. The van der Waals surface area contributed by atoms with Crippen LogP contribution in [-0.4, -0.2) is 30.7 Å². The van der Waals surface area contributed by atoms with Crippen molar-refractivity contribution < 1.29 is 37.3 Å². The third kappa shape index (κ3) is 4.65. The topological polar surface area (TPSA) is 84.9 Å². The van der Waals surface area contributed by atoms with E-state index in [1.807, 2.05) is 5.32 Å². The largest absolute Gasteiger partial charge is 0.507 e. The zero-order valence-corrected chi connectivity index (χ0v) is 13.5. The number of hydrogen-bond acceptors (Lipinski definition) is 5. The number of carbonyl (C=O) groups excluding carboxylic acids is 2. The number of aromatic hydroxyl groups is 1. The van der Waals surface area contributed by atoms with Gasteiger partial charge in [0.05, 0.1) is 18.4 Å². The Balaban J connectivity index is 2.01. The lowest BCUT2D eigenvalue weighted by Gasteiger charge is -2.13. The van der Waals surface area contributed by atoms with Crippen LogP contribution in [0.2, 0.25) is 0 Å². The highest BCUT2D eigenvalue weighted by Gasteiger charge is 2.33. The van der Waals surface area contributed by atoms with Crippen molar-refractivity contribution in [2.75, 3.05) is 19.0 Å². The molecule has 26 heavy (non-hydrogen) atoms. The summed E-state index contributed by atoms with van der Waals surface area (Å²) in [5.41, 5.74) is -1.69. The van der Waals surface area contributed by atoms with E-state index in [1.165, 1.54) is 37.4 Å². The molecule has 2 aromatic carbocycles. The fraction of sp³-hybridized carbons (Fsp3) is 0.176. The van der Waals surface area contributed by atoms with Gasteiger partial charge in [0, 0.05) is 6.07 Å². The van der Waals surface area contributed by atoms with Crippen molar-refractivity contribution >= 4 is 17.6 Å². The summed E-state index contributed by atoms with van der Waals surface area (Å²) in [6.07, 6.45) is -4.64. The Morgan fingerprint density at radius 1 is 1.15 bits per heavy atom. The maximum Gasteiger partial charge on any atom is 0.418 e. The summed E-state index contributed by atoms with van der Waals surface area (Å²) in [4.78, 5) is 23.6. The second-order valence-corrected chi connectivity index (χ2v) is 5.05. The number of nitrogens with one attached hydrogen (secondary N) is 1. The van der Waals surface area contributed by atoms with E-state index in [2.05, 4.69) is 0 Å². The second kappa shape index (κ2) is 7.77. The predicted molar refractivity (Wildman–Crippen MR) is 85.0 cm³/mol. The zero-order chi connectivity index (χ0) is 19.3. The van der Waals surface area contributed by atoms with Crippen molar-refractivity contribution in [1.29, 1.82) is 0 Å². The molecule has 2 N–H and O–H groups in total. The lowest BCUT2D eigenvalue weighted by molar-refractivity contribution is -0.137. The number of para-hydroxylation sites is 1. The van der Waals surface area contributed by atoms with E-state index >= 15 is 0 Å². The average molecular weight is 369 g/mol. The molecule has 0 radical (unpaired) electrons. The monoisotopic (exact) mass is 369 g/mol. The Morgan fingerprint density at radius 2 is 1.85 bits per heavy atom. The first-order valence-corrected chi connectivity index (χ1v) is 7.22. The molecule has 0 heterocycles. The smallest absolute Gasteiger partial charge is 0.418 e. The summed E-state index contributed by atoms with van der Waals surface area (Å²) >= 11 is 0. The van der Waals surface area contributed by atoms with E-state index in [9.17, 15) is 27.9 Å². The molecule has 0 aromatic heterocycles. The van der Waals surface area contributed by atoms with Crippen LogP contribution in [-0.2, 0) is 15.7 Å². The molecule has 0 saturated carbocycles. The number of esters is 1. The molecular weight excluding hydrogens is 355 g/mol. The minimum absolute atomic E-state index is 0.214. The normalized spacial score (nSPS) is 10.9. The predicted octanol–water partition coefficient (Wildman–Crippen LogP) is 3.22. The summed E-state index contributed by atoms with van der Waals surface area (Å²) in [6, 6.07) is 8.21. The quantitative estimate of drug-likeness (QED) is 0.791.